The summed E-state index contributed by atoms with van der Waals surface area (Å²) >= 11 is 5.90. The van der Waals surface area contributed by atoms with E-state index in [0.717, 1.165) is 11.3 Å². The quantitative estimate of drug-likeness (QED) is 0.724. The normalized spacial score (nSPS) is 9.88. The number of amides is 1. The fraction of sp³-hybridized carbons (Fsp3) is 0.0500. The van der Waals surface area contributed by atoms with Crippen LogP contribution in [0.4, 0.5) is 0 Å². The molecule has 1 N–H and O–H groups in total. The Balaban J connectivity index is 1.58. The van der Waals surface area contributed by atoms with Crippen LogP contribution in [0.2, 0.25) is 5.02 Å². The maximum atomic E-state index is 12.1. The standard InChI is InChI=1S/C20H15ClN2O/c21-18-7-3-5-16(15-18)6-4-12-22-20(24)17-8-10-19(11-9-17)23-13-1-2-14-23/h1-3,5,7-11,13-15H,12H2,(H,22,24). The molecule has 0 bridgehead atoms. The molecule has 118 valence electrons. The molecule has 0 spiro atoms. The van der Waals surface area contributed by atoms with E-state index in [9.17, 15) is 4.79 Å². The van der Waals surface area contributed by atoms with E-state index >= 15 is 0 Å². The average molecular weight is 335 g/mol. The number of hydrogen-bond acceptors (Lipinski definition) is 1. The summed E-state index contributed by atoms with van der Waals surface area (Å²) in [6.45, 7) is 0.282. The van der Waals surface area contributed by atoms with Crippen molar-refractivity contribution in [2.45, 2.75) is 0 Å². The predicted octanol–water partition coefficient (Wildman–Crippen LogP) is 3.91. The number of rotatable bonds is 3. The lowest BCUT2D eigenvalue weighted by Crippen LogP contribution is -2.23. The van der Waals surface area contributed by atoms with E-state index in [4.69, 9.17) is 11.6 Å². The number of carbonyl (C=O) groups is 1. The third-order valence-electron chi connectivity index (χ3n) is 3.43. The summed E-state index contributed by atoms with van der Waals surface area (Å²) in [5.74, 6) is 5.74. The van der Waals surface area contributed by atoms with Gasteiger partial charge >= 0.3 is 0 Å². The Labute approximate surface area is 145 Å². The van der Waals surface area contributed by atoms with Crippen LogP contribution in [-0.4, -0.2) is 17.0 Å². The topological polar surface area (TPSA) is 34.0 Å². The minimum atomic E-state index is -0.144. The van der Waals surface area contributed by atoms with Crippen LogP contribution in [0.5, 0.6) is 0 Å². The van der Waals surface area contributed by atoms with Gasteiger partial charge in [0.05, 0.1) is 6.54 Å². The Kier molecular flexibility index (Phi) is 5.00. The molecule has 0 fully saturated rings. The summed E-state index contributed by atoms with van der Waals surface area (Å²) in [5.41, 5.74) is 2.44. The second-order valence-corrected chi connectivity index (χ2v) is 5.57. The Morgan fingerprint density at radius 2 is 1.79 bits per heavy atom. The fourth-order valence-electron chi connectivity index (χ4n) is 2.23. The molecule has 3 aromatic rings. The van der Waals surface area contributed by atoms with E-state index in [1.54, 1.807) is 24.3 Å². The number of benzene rings is 2. The van der Waals surface area contributed by atoms with Crippen LogP contribution in [0.1, 0.15) is 15.9 Å². The zero-order valence-electron chi connectivity index (χ0n) is 12.9. The van der Waals surface area contributed by atoms with Gasteiger partial charge in [0.25, 0.3) is 5.91 Å². The molecule has 0 saturated heterocycles. The van der Waals surface area contributed by atoms with Gasteiger partial charge in [0.2, 0.25) is 0 Å². The Bertz CT molecular complexity index is 887. The largest absolute Gasteiger partial charge is 0.341 e. The maximum absolute atomic E-state index is 12.1. The minimum absolute atomic E-state index is 0.144. The lowest BCUT2D eigenvalue weighted by atomic mass is 10.2. The second-order valence-electron chi connectivity index (χ2n) is 5.13. The lowest BCUT2D eigenvalue weighted by Gasteiger charge is -2.05. The highest BCUT2D eigenvalue weighted by Gasteiger charge is 2.04. The first-order chi connectivity index (χ1) is 11.7. The first kappa shape index (κ1) is 15.9. The minimum Gasteiger partial charge on any atom is -0.341 e. The van der Waals surface area contributed by atoms with Crippen LogP contribution in [0.3, 0.4) is 0 Å². The predicted molar refractivity (Wildman–Crippen MR) is 96.4 cm³/mol. The highest BCUT2D eigenvalue weighted by atomic mass is 35.5. The van der Waals surface area contributed by atoms with Gasteiger partial charge in [0.1, 0.15) is 0 Å². The maximum Gasteiger partial charge on any atom is 0.252 e. The van der Waals surface area contributed by atoms with Crippen molar-refractivity contribution in [1.29, 1.82) is 0 Å². The monoisotopic (exact) mass is 334 g/mol. The first-order valence-electron chi connectivity index (χ1n) is 7.48. The van der Waals surface area contributed by atoms with Crippen molar-refractivity contribution in [3.8, 4) is 17.5 Å². The molecular formula is C20H15ClN2O. The molecule has 4 heteroatoms. The van der Waals surface area contributed by atoms with E-state index in [2.05, 4.69) is 17.2 Å². The Morgan fingerprint density at radius 3 is 2.50 bits per heavy atom. The smallest absolute Gasteiger partial charge is 0.252 e. The molecule has 0 aliphatic rings. The van der Waals surface area contributed by atoms with Crippen LogP contribution in [0.15, 0.2) is 73.1 Å². The van der Waals surface area contributed by atoms with E-state index < -0.39 is 0 Å². The highest BCUT2D eigenvalue weighted by Crippen LogP contribution is 2.10. The van der Waals surface area contributed by atoms with Crippen LogP contribution >= 0.6 is 11.6 Å². The number of nitrogens with one attached hydrogen (secondary N) is 1. The van der Waals surface area contributed by atoms with Gasteiger partial charge in [0.15, 0.2) is 0 Å². The van der Waals surface area contributed by atoms with E-state index in [-0.39, 0.29) is 12.5 Å². The third-order valence-corrected chi connectivity index (χ3v) is 3.66. The molecular weight excluding hydrogens is 320 g/mol. The zero-order chi connectivity index (χ0) is 16.8. The third kappa shape index (κ3) is 4.07. The second kappa shape index (κ2) is 7.54. The number of hydrogen-bond donors (Lipinski definition) is 1. The molecule has 0 aliphatic heterocycles. The summed E-state index contributed by atoms with van der Waals surface area (Å²) in [7, 11) is 0. The Morgan fingerprint density at radius 1 is 1.04 bits per heavy atom. The number of halogens is 1. The van der Waals surface area contributed by atoms with Crippen LogP contribution < -0.4 is 5.32 Å². The molecule has 3 rings (SSSR count). The molecule has 1 amide bonds. The molecule has 3 nitrogen and oxygen atoms in total. The van der Waals surface area contributed by atoms with Crippen molar-refractivity contribution < 1.29 is 4.79 Å². The van der Waals surface area contributed by atoms with E-state index in [1.165, 1.54) is 0 Å². The van der Waals surface area contributed by atoms with Gasteiger partial charge in [0, 0.05) is 34.2 Å². The van der Waals surface area contributed by atoms with Gasteiger partial charge in [-0.05, 0) is 54.6 Å². The van der Waals surface area contributed by atoms with Gasteiger partial charge in [-0.25, -0.2) is 0 Å². The summed E-state index contributed by atoms with van der Waals surface area (Å²) in [5, 5.41) is 3.43. The summed E-state index contributed by atoms with van der Waals surface area (Å²) in [6, 6.07) is 18.6. The molecule has 24 heavy (non-hydrogen) atoms. The molecule has 0 unspecified atom stereocenters. The number of carbonyl (C=O) groups excluding carboxylic acids is 1. The van der Waals surface area contributed by atoms with E-state index in [0.29, 0.717) is 10.6 Å². The van der Waals surface area contributed by atoms with Crippen molar-refractivity contribution in [1.82, 2.24) is 9.88 Å². The molecule has 1 heterocycles. The van der Waals surface area contributed by atoms with E-state index in [1.807, 2.05) is 53.4 Å². The first-order valence-corrected chi connectivity index (χ1v) is 7.86. The van der Waals surface area contributed by atoms with Crippen molar-refractivity contribution >= 4 is 17.5 Å². The molecule has 0 saturated carbocycles. The Hall–Kier alpha value is -2.96. The van der Waals surface area contributed by atoms with Gasteiger partial charge in [-0.1, -0.05) is 29.5 Å². The van der Waals surface area contributed by atoms with Crippen molar-refractivity contribution in [2.24, 2.45) is 0 Å². The van der Waals surface area contributed by atoms with Crippen LogP contribution in [-0.2, 0) is 0 Å². The summed E-state index contributed by atoms with van der Waals surface area (Å²) < 4.78 is 1.98. The van der Waals surface area contributed by atoms with Gasteiger partial charge in [-0.3, -0.25) is 4.79 Å². The molecule has 0 radical (unpaired) electrons. The molecule has 0 atom stereocenters. The summed E-state index contributed by atoms with van der Waals surface area (Å²) in [4.78, 5) is 12.1. The van der Waals surface area contributed by atoms with Crippen LogP contribution in [0.25, 0.3) is 5.69 Å². The lowest BCUT2D eigenvalue weighted by molar-refractivity contribution is 0.0958. The number of nitrogens with zero attached hydrogens (tertiary/aromatic N) is 1. The summed E-state index contributed by atoms with van der Waals surface area (Å²) in [6.07, 6.45) is 3.92. The van der Waals surface area contributed by atoms with Crippen molar-refractivity contribution in [2.75, 3.05) is 6.54 Å². The van der Waals surface area contributed by atoms with Gasteiger partial charge in [-0.15, -0.1) is 0 Å². The average Bonchev–Trinajstić information content (AvgIpc) is 3.13. The molecule has 0 aliphatic carbocycles. The van der Waals surface area contributed by atoms with Crippen LogP contribution in [0, 0.1) is 11.8 Å². The van der Waals surface area contributed by atoms with Crippen molar-refractivity contribution in [3.63, 3.8) is 0 Å². The van der Waals surface area contributed by atoms with Gasteiger partial charge < -0.3 is 9.88 Å². The SMILES string of the molecule is O=C(NCC#Cc1cccc(Cl)c1)c1ccc(-n2cccc2)cc1. The fourth-order valence-corrected chi connectivity index (χ4v) is 2.42. The molecule has 1 aromatic heterocycles. The molecule has 2 aromatic carbocycles. The zero-order valence-corrected chi connectivity index (χ0v) is 13.6. The van der Waals surface area contributed by atoms with Gasteiger partial charge in [-0.2, -0.15) is 0 Å². The highest BCUT2D eigenvalue weighted by molar-refractivity contribution is 6.30. The number of aromatic nitrogens is 1. The van der Waals surface area contributed by atoms with Crippen molar-refractivity contribution in [3.05, 3.63) is 89.2 Å².